The lowest BCUT2D eigenvalue weighted by Gasteiger charge is -2.08. The number of hydrogen-bond donors (Lipinski definition) is 2. The molecule has 1 heterocycles. The van der Waals surface area contributed by atoms with Gasteiger partial charge in [-0.1, -0.05) is 0 Å². The Bertz CT molecular complexity index is 190. The quantitative estimate of drug-likeness (QED) is 0.490. The SMILES string of the molecule is N=C1CCC(=O)NC(=O)CC1. The fraction of sp³-hybridized carbons (Fsp3) is 0.571. The van der Waals surface area contributed by atoms with Crippen molar-refractivity contribution in [3.8, 4) is 0 Å². The van der Waals surface area contributed by atoms with Crippen LogP contribution in [0.4, 0.5) is 0 Å². The van der Waals surface area contributed by atoms with Crippen LogP contribution in [0.5, 0.6) is 0 Å². The molecule has 0 atom stereocenters. The number of nitrogens with one attached hydrogen (secondary N) is 2. The Hall–Kier alpha value is -1.19. The van der Waals surface area contributed by atoms with E-state index in [1.165, 1.54) is 0 Å². The van der Waals surface area contributed by atoms with Gasteiger partial charge in [0.25, 0.3) is 0 Å². The van der Waals surface area contributed by atoms with Crippen LogP contribution in [0.1, 0.15) is 25.7 Å². The molecule has 0 aliphatic carbocycles. The molecule has 0 radical (unpaired) electrons. The highest BCUT2D eigenvalue weighted by Crippen LogP contribution is 2.02. The van der Waals surface area contributed by atoms with E-state index in [9.17, 15) is 9.59 Å². The van der Waals surface area contributed by atoms with Crippen molar-refractivity contribution in [1.29, 1.82) is 5.41 Å². The van der Waals surface area contributed by atoms with Gasteiger partial charge in [0.2, 0.25) is 11.8 Å². The Morgan fingerprint density at radius 3 is 1.91 bits per heavy atom. The fourth-order valence-corrected chi connectivity index (χ4v) is 0.934. The molecule has 1 aliphatic heterocycles. The zero-order valence-corrected chi connectivity index (χ0v) is 6.14. The van der Waals surface area contributed by atoms with Gasteiger partial charge in [0.05, 0.1) is 0 Å². The summed E-state index contributed by atoms with van der Waals surface area (Å²) in [6.07, 6.45) is 1.51. The van der Waals surface area contributed by atoms with Crippen LogP contribution in [-0.4, -0.2) is 17.5 Å². The molecule has 4 heteroatoms. The minimum absolute atomic E-state index is 0.264. The highest BCUT2D eigenvalue weighted by molar-refractivity contribution is 6.00. The summed E-state index contributed by atoms with van der Waals surface area (Å²) in [6.45, 7) is 0. The first-order valence-electron chi connectivity index (χ1n) is 3.57. The first-order chi connectivity index (χ1) is 5.18. The van der Waals surface area contributed by atoms with Crippen LogP contribution in [0.2, 0.25) is 0 Å². The van der Waals surface area contributed by atoms with E-state index in [1.54, 1.807) is 0 Å². The Morgan fingerprint density at radius 2 is 1.45 bits per heavy atom. The van der Waals surface area contributed by atoms with Crippen LogP contribution in [0.25, 0.3) is 0 Å². The molecule has 2 amide bonds. The smallest absolute Gasteiger partial charge is 0.226 e. The zero-order chi connectivity index (χ0) is 8.27. The summed E-state index contributed by atoms with van der Waals surface area (Å²) >= 11 is 0. The van der Waals surface area contributed by atoms with E-state index in [0.29, 0.717) is 18.6 Å². The molecule has 0 spiro atoms. The molecule has 0 aromatic rings. The van der Waals surface area contributed by atoms with Crippen LogP contribution in [0.15, 0.2) is 0 Å². The van der Waals surface area contributed by atoms with E-state index in [4.69, 9.17) is 5.41 Å². The molecule has 1 rings (SSSR count). The molecule has 11 heavy (non-hydrogen) atoms. The molecule has 1 fully saturated rings. The number of imide groups is 1. The maximum atomic E-state index is 10.8. The number of amides is 2. The van der Waals surface area contributed by atoms with Crippen molar-refractivity contribution < 1.29 is 9.59 Å². The highest BCUT2D eigenvalue weighted by atomic mass is 16.2. The molecule has 1 saturated heterocycles. The van der Waals surface area contributed by atoms with Crippen molar-refractivity contribution in [2.45, 2.75) is 25.7 Å². The summed E-state index contributed by atoms with van der Waals surface area (Å²) in [5.74, 6) is -0.529. The summed E-state index contributed by atoms with van der Waals surface area (Å²) in [5.41, 5.74) is 0.494. The Morgan fingerprint density at radius 1 is 1.00 bits per heavy atom. The first-order valence-corrected chi connectivity index (χ1v) is 3.57. The monoisotopic (exact) mass is 154 g/mol. The van der Waals surface area contributed by atoms with Gasteiger partial charge >= 0.3 is 0 Å². The van der Waals surface area contributed by atoms with Crippen molar-refractivity contribution in [3.63, 3.8) is 0 Å². The average molecular weight is 154 g/mol. The van der Waals surface area contributed by atoms with Crippen LogP contribution < -0.4 is 5.32 Å². The largest absolute Gasteiger partial charge is 0.310 e. The van der Waals surface area contributed by atoms with Crippen molar-refractivity contribution in [3.05, 3.63) is 0 Å². The lowest BCUT2D eigenvalue weighted by Crippen LogP contribution is -2.32. The van der Waals surface area contributed by atoms with E-state index in [2.05, 4.69) is 5.32 Å². The number of carbonyl (C=O) groups excluding carboxylic acids is 2. The van der Waals surface area contributed by atoms with Gasteiger partial charge in [0.15, 0.2) is 0 Å². The summed E-state index contributed by atoms with van der Waals surface area (Å²) in [6, 6.07) is 0. The van der Waals surface area contributed by atoms with Gasteiger partial charge in [-0.2, -0.15) is 0 Å². The van der Waals surface area contributed by atoms with Gasteiger partial charge in [0, 0.05) is 18.6 Å². The number of hydrogen-bond acceptors (Lipinski definition) is 3. The van der Waals surface area contributed by atoms with Crippen molar-refractivity contribution >= 4 is 17.5 Å². The third-order valence-electron chi connectivity index (χ3n) is 1.59. The van der Waals surface area contributed by atoms with E-state index in [-0.39, 0.29) is 24.7 Å². The summed E-state index contributed by atoms with van der Waals surface area (Å²) in [4.78, 5) is 21.5. The minimum Gasteiger partial charge on any atom is -0.310 e. The second-order valence-electron chi connectivity index (χ2n) is 2.57. The van der Waals surface area contributed by atoms with Gasteiger partial charge in [0.1, 0.15) is 0 Å². The molecule has 0 aromatic heterocycles. The standard InChI is InChI=1S/C7H10N2O2/c8-5-1-3-6(10)9-7(11)4-2-5/h8H,1-4H2,(H,9,10,11). The maximum absolute atomic E-state index is 10.8. The molecule has 0 saturated carbocycles. The van der Waals surface area contributed by atoms with E-state index >= 15 is 0 Å². The van der Waals surface area contributed by atoms with Crippen LogP contribution >= 0.6 is 0 Å². The first kappa shape index (κ1) is 7.91. The third kappa shape index (κ3) is 2.49. The van der Waals surface area contributed by atoms with Gasteiger partial charge < -0.3 is 5.41 Å². The average Bonchev–Trinajstić information content (AvgIpc) is 1.95. The summed E-state index contributed by atoms with van der Waals surface area (Å²) in [7, 11) is 0. The molecular formula is C7H10N2O2. The Balaban J connectivity index is 2.53. The Kier molecular flexibility index (Phi) is 2.36. The lowest BCUT2D eigenvalue weighted by atomic mass is 10.1. The predicted octanol–water partition coefficient (Wildman–Crippen LogP) is 0.223. The maximum Gasteiger partial charge on any atom is 0.226 e. The molecular weight excluding hydrogens is 144 g/mol. The highest BCUT2D eigenvalue weighted by Gasteiger charge is 2.13. The second kappa shape index (κ2) is 3.27. The molecule has 0 unspecified atom stereocenters. The van der Waals surface area contributed by atoms with Gasteiger partial charge in [-0.05, 0) is 12.8 Å². The number of carbonyl (C=O) groups is 2. The summed E-state index contributed by atoms with van der Waals surface area (Å²) in [5, 5.41) is 9.50. The number of rotatable bonds is 0. The molecule has 4 nitrogen and oxygen atoms in total. The van der Waals surface area contributed by atoms with Crippen molar-refractivity contribution in [1.82, 2.24) is 5.32 Å². The fourth-order valence-electron chi connectivity index (χ4n) is 0.934. The van der Waals surface area contributed by atoms with Gasteiger partial charge in [-0.25, -0.2) is 0 Å². The van der Waals surface area contributed by atoms with Crippen LogP contribution in [0, 0.1) is 5.41 Å². The predicted molar refractivity (Wildman–Crippen MR) is 39.3 cm³/mol. The molecule has 0 bridgehead atoms. The summed E-state index contributed by atoms with van der Waals surface area (Å²) < 4.78 is 0. The molecule has 1 aliphatic rings. The van der Waals surface area contributed by atoms with Crippen molar-refractivity contribution in [2.75, 3.05) is 0 Å². The third-order valence-corrected chi connectivity index (χ3v) is 1.59. The van der Waals surface area contributed by atoms with E-state index in [1.807, 2.05) is 0 Å². The van der Waals surface area contributed by atoms with E-state index < -0.39 is 0 Å². The normalized spacial score (nSPS) is 20.5. The molecule has 2 N–H and O–H groups in total. The minimum atomic E-state index is -0.264. The topological polar surface area (TPSA) is 70.0 Å². The van der Waals surface area contributed by atoms with Crippen LogP contribution in [-0.2, 0) is 9.59 Å². The van der Waals surface area contributed by atoms with E-state index in [0.717, 1.165) is 0 Å². The van der Waals surface area contributed by atoms with Crippen LogP contribution in [0.3, 0.4) is 0 Å². The van der Waals surface area contributed by atoms with Crippen molar-refractivity contribution in [2.24, 2.45) is 0 Å². The van der Waals surface area contributed by atoms with Gasteiger partial charge in [-0.3, -0.25) is 14.9 Å². The van der Waals surface area contributed by atoms with Gasteiger partial charge in [-0.15, -0.1) is 0 Å². The Labute approximate surface area is 64.5 Å². The zero-order valence-electron chi connectivity index (χ0n) is 6.14. The molecule has 60 valence electrons. The second-order valence-corrected chi connectivity index (χ2v) is 2.57. The molecule has 0 aromatic carbocycles. The lowest BCUT2D eigenvalue weighted by molar-refractivity contribution is -0.130.